The van der Waals surface area contributed by atoms with Crippen molar-refractivity contribution in [3.05, 3.63) is 0 Å². The molecule has 1 amide bonds. The first-order valence-electron chi connectivity index (χ1n) is 6.25. The lowest BCUT2D eigenvalue weighted by Crippen LogP contribution is -2.55. The van der Waals surface area contributed by atoms with Gasteiger partial charge in [-0.25, -0.2) is 0 Å². The highest BCUT2D eigenvalue weighted by Gasteiger charge is 2.50. The second-order valence-corrected chi connectivity index (χ2v) is 5.16. The van der Waals surface area contributed by atoms with Gasteiger partial charge in [-0.1, -0.05) is 25.4 Å². The number of carbonyl (C=O) groups excluding carboxylic acids is 1. The molecule has 1 fully saturated rings. The number of hydrogen-bond donors (Lipinski definition) is 2. The van der Waals surface area contributed by atoms with Crippen LogP contribution in [0.5, 0.6) is 0 Å². The molecule has 0 aliphatic heterocycles. The van der Waals surface area contributed by atoms with Crippen LogP contribution in [0.3, 0.4) is 0 Å². The monoisotopic (exact) mass is 241 g/mol. The Kier molecular flexibility index (Phi) is 4.37. The van der Waals surface area contributed by atoms with Crippen LogP contribution in [-0.2, 0) is 4.79 Å². The predicted molar refractivity (Wildman–Crippen MR) is 66.8 cm³/mol. The number of amidine groups is 1. The molecule has 0 aromatic rings. The maximum absolute atomic E-state index is 12.5. The Morgan fingerprint density at radius 3 is 2.41 bits per heavy atom. The van der Waals surface area contributed by atoms with Crippen LogP contribution in [-0.4, -0.2) is 34.9 Å². The van der Waals surface area contributed by atoms with E-state index in [9.17, 15) is 4.79 Å². The zero-order valence-electron chi connectivity index (χ0n) is 10.9. The minimum Gasteiger partial charge on any atom is -0.409 e. The van der Waals surface area contributed by atoms with Gasteiger partial charge in [0.1, 0.15) is 5.41 Å². The molecule has 1 aliphatic carbocycles. The van der Waals surface area contributed by atoms with E-state index in [1.165, 1.54) is 0 Å². The fourth-order valence-corrected chi connectivity index (χ4v) is 2.30. The minimum absolute atomic E-state index is 0.00949. The summed E-state index contributed by atoms with van der Waals surface area (Å²) < 4.78 is 0. The summed E-state index contributed by atoms with van der Waals surface area (Å²) in [6, 6.07) is 0. The van der Waals surface area contributed by atoms with E-state index in [1.807, 2.05) is 11.8 Å². The molecule has 0 atom stereocenters. The van der Waals surface area contributed by atoms with Crippen LogP contribution in [0.15, 0.2) is 5.16 Å². The van der Waals surface area contributed by atoms with Crippen LogP contribution in [0.1, 0.15) is 40.0 Å². The standard InChI is InChI=1S/C12H23N3O2/c1-4-15(8-9(2)3)11(16)12(6-5-7-12)10(13)14-17/h9,17H,4-8H2,1-3H3,(H2,13,14). The third kappa shape index (κ3) is 2.53. The maximum Gasteiger partial charge on any atom is 0.236 e. The number of hydrogen-bond acceptors (Lipinski definition) is 3. The van der Waals surface area contributed by atoms with Gasteiger partial charge in [0.05, 0.1) is 0 Å². The highest BCUT2D eigenvalue weighted by molar-refractivity contribution is 6.07. The Hall–Kier alpha value is -1.26. The van der Waals surface area contributed by atoms with E-state index in [0.717, 1.165) is 13.0 Å². The second kappa shape index (κ2) is 5.38. The number of oxime groups is 1. The van der Waals surface area contributed by atoms with Crippen LogP contribution in [0.25, 0.3) is 0 Å². The lowest BCUT2D eigenvalue weighted by Gasteiger charge is -2.42. The topological polar surface area (TPSA) is 78.9 Å². The number of nitrogens with zero attached hydrogens (tertiary/aromatic N) is 2. The van der Waals surface area contributed by atoms with Gasteiger partial charge in [-0.3, -0.25) is 4.79 Å². The fraction of sp³-hybridized carbons (Fsp3) is 0.833. The van der Waals surface area contributed by atoms with Crippen LogP contribution < -0.4 is 5.73 Å². The molecule has 0 spiro atoms. The first-order chi connectivity index (χ1) is 7.97. The Bertz CT molecular complexity index is 309. The van der Waals surface area contributed by atoms with E-state index in [2.05, 4.69) is 19.0 Å². The summed E-state index contributed by atoms with van der Waals surface area (Å²) >= 11 is 0. The molecular weight excluding hydrogens is 218 g/mol. The van der Waals surface area contributed by atoms with Gasteiger partial charge < -0.3 is 15.8 Å². The number of rotatable bonds is 5. The van der Waals surface area contributed by atoms with E-state index >= 15 is 0 Å². The van der Waals surface area contributed by atoms with Gasteiger partial charge in [0.15, 0.2) is 5.84 Å². The average Bonchev–Trinajstić information content (AvgIpc) is 2.23. The summed E-state index contributed by atoms with van der Waals surface area (Å²) in [7, 11) is 0. The molecular formula is C12H23N3O2. The lowest BCUT2D eigenvalue weighted by atomic mass is 9.66. The van der Waals surface area contributed by atoms with Crippen molar-refractivity contribution >= 4 is 11.7 Å². The minimum atomic E-state index is -0.736. The molecule has 0 bridgehead atoms. The molecule has 0 saturated heterocycles. The van der Waals surface area contributed by atoms with Crippen molar-refractivity contribution in [3.63, 3.8) is 0 Å². The predicted octanol–water partition coefficient (Wildman–Crippen LogP) is 1.41. The van der Waals surface area contributed by atoms with Crippen molar-refractivity contribution in [3.8, 4) is 0 Å². The SMILES string of the molecule is CCN(CC(C)C)C(=O)C1(C(N)=NO)CCC1. The van der Waals surface area contributed by atoms with Crippen LogP contribution in [0.2, 0.25) is 0 Å². The molecule has 0 unspecified atom stereocenters. The summed E-state index contributed by atoms with van der Waals surface area (Å²) in [5.41, 5.74) is 4.95. The highest BCUT2D eigenvalue weighted by Crippen LogP contribution is 2.42. The van der Waals surface area contributed by atoms with Crippen molar-refractivity contribution < 1.29 is 10.0 Å². The third-order valence-corrected chi connectivity index (χ3v) is 3.47. The van der Waals surface area contributed by atoms with Gasteiger partial charge >= 0.3 is 0 Å². The molecule has 98 valence electrons. The van der Waals surface area contributed by atoms with E-state index in [4.69, 9.17) is 10.9 Å². The fourth-order valence-electron chi connectivity index (χ4n) is 2.30. The maximum atomic E-state index is 12.5. The molecule has 1 rings (SSSR count). The molecule has 0 aromatic carbocycles. The highest BCUT2D eigenvalue weighted by atomic mass is 16.4. The summed E-state index contributed by atoms with van der Waals surface area (Å²) in [5.74, 6) is 0.495. The lowest BCUT2D eigenvalue weighted by molar-refractivity contribution is -0.142. The third-order valence-electron chi connectivity index (χ3n) is 3.47. The number of nitrogens with two attached hydrogens (primary N) is 1. The molecule has 0 aromatic heterocycles. The molecule has 17 heavy (non-hydrogen) atoms. The Balaban J connectivity index is 2.85. The van der Waals surface area contributed by atoms with Crippen LogP contribution >= 0.6 is 0 Å². The Labute approximate surface area is 103 Å². The van der Waals surface area contributed by atoms with E-state index < -0.39 is 5.41 Å². The van der Waals surface area contributed by atoms with Gasteiger partial charge in [0, 0.05) is 13.1 Å². The van der Waals surface area contributed by atoms with Crippen LogP contribution in [0.4, 0.5) is 0 Å². The average molecular weight is 241 g/mol. The zero-order valence-corrected chi connectivity index (χ0v) is 10.9. The van der Waals surface area contributed by atoms with Gasteiger partial charge in [-0.05, 0) is 25.7 Å². The molecule has 5 nitrogen and oxygen atoms in total. The van der Waals surface area contributed by atoms with E-state index in [-0.39, 0.29) is 11.7 Å². The molecule has 1 saturated carbocycles. The van der Waals surface area contributed by atoms with Crippen LogP contribution in [0, 0.1) is 11.3 Å². The molecule has 5 heteroatoms. The Morgan fingerprint density at radius 2 is 2.12 bits per heavy atom. The normalized spacial score (nSPS) is 18.9. The van der Waals surface area contributed by atoms with Crippen molar-refractivity contribution in [1.82, 2.24) is 4.90 Å². The molecule has 1 aliphatic rings. The smallest absolute Gasteiger partial charge is 0.236 e. The molecule has 0 radical (unpaired) electrons. The molecule has 0 heterocycles. The summed E-state index contributed by atoms with van der Waals surface area (Å²) in [6.45, 7) is 7.49. The van der Waals surface area contributed by atoms with Gasteiger partial charge in [0.25, 0.3) is 0 Å². The van der Waals surface area contributed by atoms with Gasteiger partial charge in [0.2, 0.25) is 5.91 Å². The van der Waals surface area contributed by atoms with Crippen molar-refractivity contribution in [2.24, 2.45) is 22.2 Å². The van der Waals surface area contributed by atoms with Crippen molar-refractivity contribution in [2.45, 2.75) is 40.0 Å². The summed E-state index contributed by atoms with van der Waals surface area (Å²) in [6.07, 6.45) is 2.34. The first-order valence-corrected chi connectivity index (χ1v) is 6.25. The van der Waals surface area contributed by atoms with Crippen molar-refractivity contribution in [1.29, 1.82) is 0 Å². The largest absolute Gasteiger partial charge is 0.409 e. The quantitative estimate of drug-likeness (QED) is 0.330. The second-order valence-electron chi connectivity index (χ2n) is 5.16. The first kappa shape index (κ1) is 13.8. The number of carbonyl (C=O) groups is 1. The van der Waals surface area contributed by atoms with E-state index in [1.54, 1.807) is 0 Å². The van der Waals surface area contributed by atoms with Crippen molar-refractivity contribution in [2.75, 3.05) is 13.1 Å². The van der Waals surface area contributed by atoms with Gasteiger partial charge in [-0.2, -0.15) is 0 Å². The summed E-state index contributed by atoms with van der Waals surface area (Å²) in [4.78, 5) is 14.3. The Morgan fingerprint density at radius 1 is 1.53 bits per heavy atom. The van der Waals surface area contributed by atoms with Gasteiger partial charge in [-0.15, -0.1) is 0 Å². The number of amides is 1. The van der Waals surface area contributed by atoms with E-state index in [0.29, 0.717) is 25.3 Å². The summed E-state index contributed by atoms with van der Waals surface area (Å²) in [5, 5.41) is 11.9. The zero-order chi connectivity index (χ0) is 13.1. The molecule has 3 N–H and O–H groups in total.